The fourth-order valence-electron chi connectivity index (χ4n) is 3.07. The molecule has 0 spiro atoms. The first kappa shape index (κ1) is 24.4. The summed E-state index contributed by atoms with van der Waals surface area (Å²) in [4.78, 5) is 27.7. The van der Waals surface area contributed by atoms with Crippen LogP contribution in [0.15, 0.2) is 59.7 Å². The molecule has 3 N–H and O–H groups in total. The predicted octanol–water partition coefficient (Wildman–Crippen LogP) is 2.68. The highest BCUT2D eigenvalue weighted by Crippen LogP contribution is 2.24. The lowest BCUT2D eigenvalue weighted by molar-refractivity contribution is -0.624. The number of rotatable bonds is 8. The molecule has 3 aromatic rings. The fraction of sp³-hybridized carbons (Fsp3) is 0.238. The van der Waals surface area contributed by atoms with Gasteiger partial charge in [-0.25, -0.2) is 4.98 Å². The van der Waals surface area contributed by atoms with Crippen molar-refractivity contribution >= 4 is 34.9 Å². The smallest absolute Gasteiger partial charge is 0.367 e. The summed E-state index contributed by atoms with van der Waals surface area (Å²) in [5, 5.41) is 17.1. The first-order valence-electron chi connectivity index (χ1n) is 9.74. The largest absolute Gasteiger partial charge is 0.618 e. The summed E-state index contributed by atoms with van der Waals surface area (Å²) in [6.07, 6.45) is 2.14. The number of benzene rings is 1. The molecule has 0 aliphatic carbocycles. The molecule has 1 atom stereocenters. The molecule has 0 bridgehead atoms. The molecule has 0 aliphatic rings. The monoisotopic (exact) mass is 498 g/mol. The Kier molecular flexibility index (Phi) is 7.50. The van der Waals surface area contributed by atoms with Crippen LogP contribution in [-0.2, 0) is 17.3 Å². The SMILES string of the molecule is C[C@@H](NC(=O)Cn1c(Cl)c[nH+]c(NCC(F)(F)c2cccc[n+]2[O-])c1=O)c1cccc(Cl)c1. The minimum Gasteiger partial charge on any atom is -0.618 e. The number of anilines is 1. The van der Waals surface area contributed by atoms with Gasteiger partial charge in [0.15, 0.2) is 17.9 Å². The summed E-state index contributed by atoms with van der Waals surface area (Å²) in [5.41, 5.74) is -0.829. The Morgan fingerprint density at radius 2 is 2.03 bits per heavy atom. The van der Waals surface area contributed by atoms with Gasteiger partial charge in [0.05, 0.1) is 6.04 Å². The Morgan fingerprint density at radius 3 is 2.73 bits per heavy atom. The van der Waals surface area contributed by atoms with Gasteiger partial charge in [0.2, 0.25) is 5.91 Å². The van der Waals surface area contributed by atoms with E-state index in [-0.39, 0.29) is 15.7 Å². The summed E-state index contributed by atoms with van der Waals surface area (Å²) >= 11 is 12.0. The molecule has 0 unspecified atom stereocenters. The summed E-state index contributed by atoms with van der Waals surface area (Å²) in [6.45, 7) is 0.264. The van der Waals surface area contributed by atoms with Crippen molar-refractivity contribution in [2.24, 2.45) is 0 Å². The van der Waals surface area contributed by atoms with E-state index in [0.29, 0.717) is 5.02 Å². The second-order valence-electron chi connectivity index (χ2n) is 7.19. The van der Waals surface area contributed by atoms with Crippen LogP contribution < -0.4 is 25.9 Å². The normalized spacial score (nSPS) is 12.3. The van der Waals surface area contributed by atoms with Crippen molar-refractivity contribution in [2.75, 3.05) is 11.9 Å². The van der Waals surface area contributed by atoms with Gasteiger partial charge in [-0.3, -0.25) is 19.5 Å². The summed E-state index contributed by atoms with van der Waals surface area (Å²) in [7, 11) is 0. The van der Waals surface area contributed by atoms with Gasteiger partial charge in [-0.15, -0.1) is 0 Å². The fourth-order valence-corrected chi connectivity index (χ4v) is 3.46. The lowest BCUT2D eigenvalue weighted by Gasteiger charge is -2.16. The number of halogens is 4. The van der Waals surface area contributed by atoms with Crippen LogP contribution in [0.2, 0.25) is 10.2 Å². The van der Waals surface area contributed by atoms with E-state index >= 15 is 0 Å². The standard InChI is InChI=1S/C21H19Cl2F2N5O3/c1-13(14-5-4-6-15(22)9-14)28-18(31)11-29-17(23)10-26-19(20(29)32)27-12-21(24,25)16-7-2-3-8-30(16)33/h2-10,13H,11-12H2,1H3,(H,26,27)(H,28,31)/p+1/t13-/m1/s1. The minimum absolute atomic E-state index is 0.0525. The number of pyridine rings is 1. The molecular weight excluding hydrogens is 479 g/mol. The highest BCUT2D eigenvalue weighted by molar-refractivity contribution is 6.30. The van der Waals surface area contributed by atoms with E-state index in [9.17, 15) is 23.6 Å². The maximum absolute atomic E-state index is 14.5. The number of hydrogen-bond acceptors (Lipinski definition) is 4. The number of hydrogen-bond donors (Lipinski definition) is 2. The van der Waals surface area contributed by atoms with Crippen molar-refractivity contribution < 1.29 is 23.3 Å². The van der Waals surface area contributed by atoms with E-state index in [2.05, 4.69) is 15.6 Å². The van der Waals surface area contributed by atoms with Crippen LogP contribution in [0.1, 0.15) is 24.2 Å². The maximum Gasteiger partial charge on any atom is 0.367 e. The Morgan fingerprint density at radius 1 is 1.27 bits per heavy atom. The molecule has 0 fully saturated rings. The first-order valence-corrected chi connectivity index (χ1v) is 10.5. The van der Waals surface area contributed by atoms with Gasteiger partial charge in [-0.1, -0.05) is 35.3 Å². The third-order valence-electron chi connectivity index (χ3n) is 4.77. The topological polar surface area (TPSA) is 104 Å². The molecule has 2 heterocycles. The lowest BCUT2D eigenvalue weighted by Crippen LogP contribution is -2.43. The molecule has 1 amide bonds. The maximum atomic E-state index is 14.5. The van der Waals surface area contributed by atoms with Gasteiger partial charge >= 0.3 is 17.3 Å². The summed E-state index contributed by atoms with van der Waals surface area (Å²) in [5.74, 6) is -4.41. The summed E-state index contributed by atoms with van der Waals surface area (Å²) < 4.78 is 29.9. The molecule has 0 aliphatic heterocycles. The van der Waals surface area contributed by atoms with E-state index in [0.717, 1.165) is 22.4 Å². The highest BCUT2D eigenvalue weighted by Gasteiger charge is 2.41. The van der Waals surface area contributed by atoms with Crippen LogP contribution >= 0.6 is 23.2 Å². The number of nitrogens with one attached hydrogen (secondary N) is 3. The van der Waals surface area contributed by atoms with Crippen LogP contribution in [0.25, 0.3) is 0 Å². The van der Waals surface area contributed by atoms with E-state index < -0.39 is 42.2 Å². The molecule has 3 rings (SSSR count). The molecule has 2 aromatic heterocycles. The van der Waals surface area contributed by atoms with Gasteiger partial charge in [-0.05, 0) is 30.7 Å². The number of amides is 1. The average Bonchev–Trinajstić information content (AvgIpc) is 2.76. The van der Waals surface area contributed by atoms with Crippen molar-refractivity contribution in [3.63, 3.8) is 0 Å². The van der Waals surface area contributed by atoms with Gasteiger partial charge in [0.1, 0.15) is 12.7 Å². The van der Waals surface area contributed by atoms with Gasteiger partial charge in [-0.2, -0.15) is 13.5 Å². The number of carbonyl (C=O) groups excluding carboxylic acids is 1. The zero-order valence-corrected chi connectivity index (χ0v) is 18.8. The first-order chi connectivity index (χ1) is 15.6. The average molecular weight is 499 g/mol. The minimum atomic E-state index is -3.57. The second-order valence-corrected chi connectivity index (χ2v) is 8.02. The zero-order valence-electron chi connectivity index (χ0n) is 17.3. The van der Waals surface area contributed by atoms with Gasteiger partial charge in [0.25, 0.3) is 5.69 Å². The molecule has 0 radical (unpaired) electrons. The number of aromatic amines is 1. The second kappa shape index (κ2) is 10.1. The molecule has 0 saturated carbocycles. The van der Waals surface area contributed by atoms with Crippen molar-refractivity contribution in [2.45, 2.75) is 25.4 Å². The molecular formula is C21H20Cl2F2N5O3+. The van der Waals surface area contributed by atoms with Crippen LogP contribution in [-0.4, -0.2) is 17.0 Å². The van der Waals surface area contributed by atoms with Crippen molar-refractivity contribution in [1.29, 1.82) is 0 Å². The third kappa shape index (κ3) is 5.96. The molecule has 12 heteroatoms. The molecule has 1 aromatic carbocycles. The van der Waals surface area contributed by atoms with Crippen LogP contribution in [0, 0.1) is 5.21 Å². The van der Waals surface area contributed by atoms with E-state index in [1.165, 1.54) is 18.3 Å². The Balaban J connectivity index is 1.72. The van der Waals surface area contributed by atoms with Gasteiger partial charge in [0, 0.05) is 17.2 Å². The Bertz CT molecular complexity index is 1220. The zero-order chi connectivity index (χ0) is 24.2. The Labute approximate surface area is 197 Å². The number of aromatic nitrogens is 3. The number of H-pyrrole nitrogens is 1. The molecule has 174 valence electrons. The number of alkyl halides is 2. The predicted molar refractivity (Wildman–Crippen MR) is 118 cm³/mol. The Hall–Kier alpha value is -3.24. The quantitative estimate of drug-likeness (QED) is 0.368. The van der Waals surface area contributed by atoms with E-state index in [1.54, 1.807) is 31.2 Å². The summed E-state index contributed by atoms with van der Waals surface area (Å²) in [6, 6.07) is 10.1. The van der Waals surface area contributed by atoms with Crippen LogP contribution in [0.3, 0.4) is 0 Å². The van der Waals surface area contributed by atoms with Crippen LogP contribution in [0.5, 0.6) is 0 Å². The van der Waals surface area contributed by atoms with Crippen molar-refractivity contribution in [3.8, 4) is 0 Å². The van der Waals surface area contributed by atoms with Crippen LogP contribution in [0.4, 0.5) is 14.6 Å². The number of nitrogens with zero attached hydrogens (tertiary/aromatic N) is 2. The van der Waals surface area contributed by atoms with Gasteiger partial charge < -0.3 is 10.5 Å². The number of carbonyl (C=O) groups is 1. The molecule has 33 heavy (non-hydrogen) atoms. The molecule has 0 saturated heterocycles. The van der Waals surface area contributed by atoms with E-state index in [1.807, 2.05) is 0 Å². The molecule has 8 nitrogen and oxygen atoms in total. The highest BCUT2D eigenvalue weighted by atomic mass is 35.5. The van der Waals surface area contributed by atoms with Crippen molar-refractivity contribution in [3.05, 3.63) is 91.9 Å². The van der Waals surface area contributed by atoms with Crippen molar-refractivity contribution in [1.82, 2.24) is 9.88 Å². The third-order valence-corrected chi connectivity index (χ3v) is 5.31. The van der Waals surface area contributed by atoms with E-state index in [4.69, 9.17) is 23.2 Å². The lowest BCUT2D eigenvalue weighted by atomic mass is 10.1.